The van der Waals surface area contributed by atoms with Crippen LogP contribution in [0.5, 0.6) is 11.5 Å². The van der Waals surface area contributed by atoms with Crippen LogP contribution in [0.15, 0.2) is 48.5 Å². The molecule has 1 atom stereocenters. The molecule has 4 heteroatoms. The first kappa shape index (κ1) is 12.9. The molecule has 0 saturated heterocycles. The molecule has 0 fully saturated rings. The summed E-state index contributed by atoms with van der Waals surface area (Å²) in [5.74, 6) is 1.38. The fourth-order valence-corrected chi connectivity index (χ4v) is 1.68. The number of nitrogens with two attached hydrogens (primary N) is 1. The van der Waals surface area contributed by atoms with Gasteiger partial charge in [-0.25, -0.2) is 0 Å². The second-order valence-corrected chi connectivity index (χ2v) is 4.35. The summed E-state index contributed by atoms with van der Waals surface area (Å²) in [5.41, 5.74) is 6.59. The molecule has 0 heterocycles. The molecular weight excluding hydrogens is 250 g/mol. The zero-order valence-corrected chi connectivity index (χ0v) is 10.5. The third kappa shape index (κ3) is 3.23. The summed E-state index contributed by atoms with van der Waals surface area (Å²) < 4.78 is 5.67. The lowest BCUT2D eigenvalue weighted by Gasteiger charge is -2.11. The zero-order chi connectivity index (χ0) is 13.0. The third-order valence-electron chi connectivity index (χ3n) is 2.53. The van der Waals surface area contributed by atoms with Crippen molar-refractivity contribution in [1.29, 1.82) is 0 Å². The van der Waals surface area contributed by atoms with Crippen molar-refractivity contribution in [2.24, 2.45) is 5.73 Å². The molecule has 3 nitrogen and oxygen atoms in total. The van der Waals surface area contributed by atoms with Crippen molar-refractivity contribution in [2.75, 3.05) is 6.61 Å². The van der Waals surface area contributed by atoms with Gasteiger partial charge in [-0.05, 0) is 42.0 Å². The van der Waals surface area contributed by atoms with E-state index in [0.717, 1.165) is 5.56 Å². The second-order valence-electron chi connectivity index (χ2n) is 3.92. The lowest BCUT2D eigenvalue weighted by atomic mass is 10.1. The average Bonchev–Trinajstić information content (AvgIpc) is 2.41. The van der Waals surface area contributed by atoms with Gasteiger partial charge in [-0.2, -0.15) is 0 Å². The summed E-state index contributed by atoms with van der Waals surface area (Å²) in [5, 5.41) is 9.68. The van der Waals surface area contributed by atoms with Crippen LogP contribution in [0.1, 0.15) is 11.6 Å². The Morgan fingerprint density at radius 1 is 1.11 bits per heavy atom. The van der Waals surface area contributed by atoms with Crippen molar-refractivity contribution in [3.05, 3.63) is 59.1 Å². The molecule has 0 aliphatic carbocycles. The molecule has 0 aromatic heterocycles. The van der Waals surface area contributed by atoms with Crippen LogP contribution < -0.4 is 10.5 Å². The first-order valence-corrected chi connectivity index (χ1v) is 5.96. The SMILES string of the molecule is N[C@H](CO)c1cccc(Oc2ccc(Cl)cc2)c1. The number of benzene rings is 2. The van der Waals surface area contributed by atoms with Crippen molar-refractivity contribution < 1.29 is 9.84 Å². The monoisotopic (exact) mass is 263 g/mol. The molecule has 0 radical (unpaired) electrons. The van der Waals surface area contributed by atoms with E-state index in [1.807, 2.05) is 24.3 Å². The Morgan fingerprint density at radius 3 is 2.50 bits per heavy atom. The first-order valence-electron chi connectivity index (χ1n) is 5.59. The van der Waals surface area contributed by atoms with Crippen molar-refractivity contribution in [2.45, 2.75) is 6.04 Å². The van der Waals surface area contributed by atoms with Crippen LogP contribution in [0, 0.1) is 0 Å². The highest BCUT2D eigenvalue weighted by atomic mass is 35.5. The van der Waals surface area contributed by atoms with E-state index < -0.39 is 6.04 Å². The van der Waals surface area contributed by atoms with Crippen LogP contribution in [-0.2, 0) is 0 Å². The van der Waals surface area contributed by atoms with Gasteiger partial charge < -0.3 is 15.6 Å². The molecule has 18 heavy (non-hydrogen) atoms. The van der Waals surface area contributed by atoms with Crippen molar-refractivity contribution in [3.63, 3.8) is 0 Å². The predicted octanol–water partition coefficient (Wildman–Crippen LogP) is 3.12. The molecule has 2 aromatic rings. The van der Waals surface area contributed by atoms with Gasteiger partial charge in [-0.3, -0.25) is 0 Å². The fraction of sp³-hybridized carbons (Fsp3) is 0.143. The lowest BCUT2D eigenvalue weighted by Crippen LogP contribution is -2.14. The minimum Gasteiger partial charge on any atom is -0.457 e. The molecule has 0 saturated carbocycles. The molecule has 2 aromatic carbocycles. The van der Waals surface area contributed by atoms with Crippen molar-refractivity contribution in [3.8, 4) is 11.5 Å². The number of rotatable bonds is 4. The molecule has 0 spiro atoms. The topological polar surface area (TPSA) is 55.5 Å². The van der Waals surface area contributed by atoms with Crippen molar-refractivity contribution in [1.82, 2.24) is 0 Å². The Bertz CT molecular complexity index is 513. The van der Waals surface area contributed by atoms with Crippen LogP contribution >= 0.6 is 11.6 Å². The summed E-state index contributed by atoms with van der Waals surface area (Å²) in [6.45, 7) is -0.0929. The van der Waals surface area contributed by atoms with Gasteiger partial charge in [-0.1, -0.05) is 23.7 Å². The summed E-state index contributed by atoms with van der Waals surface area (Å²) in [6, 6.07) is 14.1. The van der Waals surface area contributed by atoms with Gasteiger partial charge in [0.05, 0.1) is 12.6 Å². The molecule has 0 amide bonds. The number of aliphatic hydroxyl groups excluding tert-OH is 1. The van der Waals surface area contributed by atoms with Crippen LogP contribution in [-0.4, -0.2) is 11.7 Å². The highest BCUT2D eigenvalue weighted by Gasteiger charge is 2.05. The average molecular weight is 264 g/mol. The van der Waals surface area contributed by atoms with Gasteiger partial charge in [0.25, 0.3) is 0 Å². The van der Waals surface area contributed by atoms with E-state index in [0.29, 0.717) is 16.5 Å². The van der Waals surface area contributed by atoms with Gasteiger partial charge in [0, 0.05) is 5.02 Å². The van der Waals surface area contributed by atoms with Gasteiger partial charge in [0.1, 0.15) is 11.5 Å². The van der Waals surface area contributed by atoms with E-state index in [1.54, 1.807) is 24.3 Å². The Morgan fingerprint density at radius 2 is 1.83 bits per heavy atom. The van der Waals surface area contributed by atoms with Gasteiger partial charge in [0.15, 0.2) is 0 Å². The Labute approximate surface area is 111 Å². The molecule has 2 rings (SSSR count). The molecule has 0 aliphatic rings. The molecule has 0 unspecified atom stereocenters. The fourth-order valence-electron chi connectivity index (χ4n) is 1.55. The molecule has 94 valence electrons. The summed E-state index contributed by atoms with van der Waals surface area (Å²) >= 11 is 5.80. The van der Waals surface area contributed by atoms with Crippen LogP contribution in [0.3, 0.4) is 0 Å². The maximum Gasteiger partial charge on any atom is 0.127 e. The maximum absolute atomic E-state index is 9.02. The standard InChI is InChI=1S/C14H14ClNO2/c15-11-4-6-12(7-5-11)18-13-3-1-2-10(8-13)14(16)9-17/h1-8,14,17H,9,16H2/t14-/m1/s1. The lowest BCUT2D eigenvalue weighted by molar-refractivity contribution is 0.268. The number of aliphatic hydroxyl groups is 1. The normalized spacial score (nSPS) is 12.2. The second kappa shape index (κ2) is 5.87. The molecule has 0 bridgehead atoms. The number of hydrogen-bond acceptors (Lipinski definition) is 3. The third-order valence-corrected chi connectivity index (χ3v) is 2.78. The zero-order valence-electron chi connectivity index (χ0n) is 9.71. The van der Waals surface area contributed by atoms with Crippen molar-refractivity contribution >= 4 is 11.6 Å². The van der Waals surface area contributed by atoms with Gasteiger partial charge in [0.2, 0.25) is 0 Å². The number of halogens is 1. The number of hydrogen-bond donors (Lipinski definition) is 2. The summed E-state index contributed by atoms with van der Waals surface area (Å²) in [6.07, 6.45) is 0. The predicted molar refractivity (Wildman–Crippen MR) is 72.0 cm³/mol. The van der Waals surface area contributed by atoms with E-state index in [9.17, 15) is 0 Å². The summed E-state index contributed by atoms with van der Waals surface area (Å²) in [4.78, 5) is 0. The molecule has 0 aliphatic heterocycles. The Balaban J connectivity index is 2.16. The highest BCUT2D eigenvalue weighted by molar-refractivity contribution is 6.30. The van der Waals surface area contributed by atoms with Crippen LogP contribution in [0.4, 0.5) is 0 Å². The van der Waals surface area contributed by atoms with Crippen LogP contribution in [0.25, 0.3) is 0 Å². The first-order chi connectivity index (χ1) is 8.69. The van der Waals surface area contributed by atoms with Gasteiger partial charge >= 0.3 is 0 Å². The number of ether oxygens (including phenoxy) is 1. The maximum atomic E-state index is 9.02. The van der Waals surface area contributed by atoms with E-state index in [-0.39, 0.29) is 6.61 Å². The van der Waals surface area contributed by atoms with Gasteiger partial charge in [-0.15, -0.1) is 0 Å². The minimum absolute atomic E-state index is 0.0929. The Kier molecular flexibility index (Phi) is 4.20. The molecular formula is C14H14ClNO2. The highest BCUT2D eigenvalue weighted by Crippen LogP contribution is 2.25. The minimum atomic E-state index is -0.390. The van der Waals surface area contributed by atoms with Crippen LogP contribution in [0.2, 0.25) is 5.02 Å². The quantitative estimate of drug-likeness (QED) is 0.891. The van der Waals surface area contributed by atoms with E-state index in [2.05, 4.69) is 0 Å². The molecule has 3 N–H and O–H groups in total. The van der Waals surface area contributed by atoms with E-state index in [1.165, 1.54) is 0 Å². The Hall–Kier alpha value is -1.55. The van der Waals surface area contributed by atoms with E-state index >= 15 is 0 Å². The van der Waals surface area contributed by atoms with E-state index in [4.69, 9.17) is 27.2 Å². The smallest absolute Gasteiger partial charge is 0.127 e. The largest absolute Gasteiger partial charge is 0.457 e. The summed E-state index contributed by atoms with van der Waals surface area (Å²) in [7, 11) is 0.